The fourth-order valence-electron chi connectivity index (χ4n) is 4.15. The van der Waals surface area contributed by atoms with E-state index in [0.29, 0.717) is 5.56 Å². The van der Waals surface area contributed by atoms with Crippen molar-refractivity contribution in [2.75, 3.05) is 7.11 Å². The molecule has 3 aromatic carbocycles. The molecular weight excluding hydrogens is 384 g/mol. The van der Waals surface area contributed by atoms with Crippen LogP contribution in [0.1, 0.15) is 25.0 Å². The molecule has 2 heterocycles. The molecule has 1 aliphatic heterocycles. The Hall–Kier alpha value is -3.34. The summed E-state index contributed by atoms with van der Waals surface area (Å²) in [6.45, 7) is 4.28. The number of methoxy groups -OCH3 is 1. The maximum atomic E-state index is 14.5. The van der Waals surface area contributed by atoms with Crippen molar-refractivity contribution >= 4 is 27.9 Å². The van der Waals surface area contributed by atoms with Gasteiger partial charge in [0.25, 0.3) is 0 Å². The molecule has 0 aliphatic carbocycles. The van der Waals surface area contributed by atoms with Crippen molar-refractivity contribution < 1.29 is 18.3 Å². The quantitative estimate of drug-likeness (QED) is 0.398. The van der Waals surface area contributed by atoms with Crippen LogP contribution in [0.4, 0.5) is 8.78 Å². The Bertz CT molecular complexity index is 1330. The highest BCUT2D eigenvalue weighted by Gasteiger charge is 2.25. The number of hydrogen-bond acceptors (Lipinski definition) is 2. The summed E-state index contributed by atoms with van der Waals surface area (Å²) < 4.78 is 41.6. The third-order valence-corrected chi connectivity index (χ3v) is 5.60. The highest BCUT2D eigenvalue weighted by Crippen LogP contribution is 2.41. The summed E-state index contributed by atoms with van der Waals surface area (Å²) in [6, 6.07) is 13.6. The zero-order chi connectivity index (χ0) is 21.0. The van der Waals surface area contributed by atoms with Gasteiger partial charge in [-0.25, -0.2) is 8.78 Å². The summed E-state index contributed by atoms with van der Waals surface area (Å²) in [5, 5.41) is 2.03. The van der Waals surface area contributed by atoms with E-state index in [1.54, 1.807) is 7.11 Å². The summed E-state index contributed by atoms with van der Waals surface area (Å²) >= 11 is 0. The predicted octanol–water partition coefficient (Wildman–Crippen LogP) is 6.31. The summed E-state index contributed by atoms with van der Waals surface area (Å²) in [6.07, 6.45) is 4.09. The smallest absolute Gasteiger partial charge is 0.131 e. The van der Waals surface area contributed by atoms with Crippen LogP contribution in [0.3, 0.4) is 0 Å². The topological polar surface area (TPSA) is 23.4 Å². The Morgan fingerprint density at radius 3 is 2.60 bits per heavy atom. The van der Waals surface area contributed by atoms with Gasteiger partial charge in [0.15, 0.2) is 0 Å². The van der Waals surface area contributed by atoms with Gasteiger partial charge in [0.2, 0.25) is 0 Å². The Kier molecular flexibility index (Phi) is 4.10. The van der Waals surface area contributed by atoms with E-state index < -0.39 is 17.2 Å². The Balaban J connectivity index is 1.82. The first-order valence-electron chi connectivity index (χ1n) is 9.81. The average molecular weight is 405 g/mol. The molecule has 0 unspecified atom stereocenters. The molecule has 152 valence electrons. The fourth-order valence-corrected chi connectivity index (χ4v) is 4.15. The van der Waals surface area contributed by atoms with Gasteiger partial charge < -0.3 is 14.0 Å². The highest BCUT2D eigenvalue weighted by atomic mass is 19.1. The van der Waals surface area contributed by atoms with Gasteiger partial charge in [-0.2, -0.15) is 0 Å². The number of hydrogen-bond donors (Lipinski definition) is 0. The molecule has 0 radical (unpaired) electrons. The molecule has 0 atom stereocenters. The Morgan fingerprint density at radius 2 is 1.83 bits per heavy atom. The number of aromatic nitrogens is 1. The highest BCUT2D eigenvalue weighted by molar-refractivity contribution is 6.11. The zero-order valence-electron chi connectivity index (χ0n) is 17.0. The summed E-state index contributed by atoms with van der Waals surface area (Å²) in [4.78, 5) is 0. The van der Waals surface area contributed by atoms with Gasteiger partial charge in [0.1, 0.15) is 28.7 Å². The maximum Gasteiger partial charge on any atom is 0.131 e. The molecule has 0 fully saturated rings. The second-order valence-corrected chi connectivity index (χ2v) is 8.12. The first kappa shape index (κ1) is 18.7. The van der Waals surface area contributed by atoms with Crippen LogP contribution in [-0.2, 0) is 6.54 Å². The summed E-state index contributed by atoms with van der Waals surface area (Å²) in [5.74, 6) is 0.390. The normalized spacial score (nSPS) is 14.7. The molecule has 0 bridgehead atoms. The number of rotatable bonds is 3. The molecule has 0 saturated carbocycles. The van der Waals surface area contributed by atoms with Gasteiger partial charge in [0, 0.05) is 33.5 Å². The van der Waals surface area contributed by atoms with Crippen LogP contribution < -0.4 is 9.47 Å². The number of ether oxygens (including phenoxy) is 2. The van der Waals surface area contributed by atoms with Crippen molar-refractivity contribution in [3.8, 4) is 11.5 Å². The Labute approximate surface area is 173 Å². The fraction of sp³-hybridized carbons (Fsp3) is 0.200. The third-order valence-electron chi connectivity index (χ3n) is 5.60. The molecule has 0 N–H and O–H groups in total. The van der Waals surface area contributed by atoms with E-state index in [9.17, 15) is 8.78 Å². The van der Waals surface area contributed by atoms with E-state index in [0.717, 1.165) is 44.9 Å². The van der Waals surface area contributed by atoms with Crippen LogP contribution in [0.25, 0.3) is 27.9 Å². The van der Waals surface area contributed by atoms with Crippen molar-refractivity contribution in [1.29, 1.82) is 0 Å². The van der Waals surface area contributed by atoms with Gasteiger partial charge in [-0.1, -0.05) is 6.07 Å². The van der Waals surface area contributed by atoms with E-state index >= 15 is 0 Å². The van der Waals surface area contributed by atoms with E-state index in [-0.39, 0.29) is 6.54 Å². The minimum atomic E-state index is -0.584. The lowest BCUT2D eigenvalue weighted by atomic mass is 10.00. The molecule has 30 heavy (non-hydrogen) atoms. The van der Waals surface area contributed by atoms with Crippen LogP contribution in [0.2, 0.25) is 0 Å². The first-order chi connectivity index (χ1) is 14.4. The lowest BCUT2D eigenvalue weighted by molar-refractivity contribution is 0.159. The van der Waals surface area contributed by atoms with Crippen LogP contribution in [0.15, 0.2) is 54.6 Å². The van der Waals surface area contributed by atoms with Gasteiger partial charge in [-0.3, -0.25) is 0 Å². The van der Waals surface area contributed by atoms with E-state index in [4.69, 9.17) is 9.47 Å². The number of nitrogens with zero attached hydrogens (tertiary/aromatic N) is 1. The number of benzene rings is 3. The molecule has 3 nitrogen and oxygen atoms in total. The lowest BCUT2D eigenvalue weighted by Gasteiger charge is -2.28. The van der Waals surface area contributed by atoms with Crippen molar-refractivity contribution in [3.63, 3.8) is 0 Å². The summed E-state index contributed by atoms with van der Waals surface area (Å²) in [7, 11) is 1.63. The molecule has 0 spiro atoms. The largest absolute Gasteiger partial charge is 0.497 e. The third kappa shape index (κ3) is 2.93. The van der Waals surface area contributed by atoms with Gasteiger partial charge in [-0.15, -0.1) is 0 Å². The van der Waals surface area contributed by atoms with E-state index in [1.807, 2.05) is 50.3 Å². The van der Waals surface area contributed by atoms with E-state index in [2.05, 4.69) is 10.6 Å². The van der Waals surface area contributed by atoms with E-state index in [1.165, 1.54) is 12.1 Å². The van der Waals surface area contributed by atoms with Crippen LogP contribution >= 0.6 is 0 Å². The number of fused-ring (bicyclic) bond motifs is 5. The molecule has 1 aromatic heterocycles. The zero-order valence-corrected chi connectivity index (χ0v) is 17.0. The van der Waals surface area contributed by atoms with Crippen molar-refractivity contribution in [3.05, 3.63) is 77.4 Å². The van der Waals surface area contributed by atoms with Crippen molar-refractivity contribution in [1.82, 2.24) is 4.57 Å². The SMILES string of the molecule is COc1ccc2c(c1)c1ccc3c(c1n2Cc1ccc(F)cc1F)C=CC(C)(C)O3. The van der Waals surface area contributed by atoms with Gasteiger partial charge in [-0.05, 0) is 62.4 Å². The molecule has 0 saturated heterocycles. The Morgan fingerprint density at radius 1 is 1.00 bits per heavy atom. The lowest BCUT2D eigenvalue weighted by Crippen LogP contribution is -2.27. The minimum Gasteiger partial charge on any atom is -0.497 e. The standard InChI is InChI=1S/C25H21F2NO2/c1-25(2)11-10-19-23(30-25)9-7-18-20-13-17(29-3)6-8-22(20)28(24(18)19)14-15-4-5-16(26)12-21(15)27/h4-13H,14H2,1-3H3. The molecule has 5 heteroatoms. The maximum absolute atomic E-state index is 14.5. The van der Waals surface area contributed by atoms with Crippen LogP contribution in [0, 0.1) is 11.6 Å². The second kappa shape index (κ2) is 6.59. The average Bonchev–Trinajstić information content (AvgIpc) is 3.02. The van der Waals surface area contributed by atoms with Crippen molar-refractivity contribution in [2.45, 2.75) is 26.0 Å². The van der Waals surface area contributed by atoms with Crippen LogP contribution in [0.5, 0.6) is 11.5 Å². The van der Waals surface area contributed by atoms with Gasteiger partial charge in [0.05, 0.1) is 19.2 Å². The monoisotopic (exact) mass is 405 g/mol. The molecule has 1 aliphatic rings. The van der Waals surface area contributed by atoms with Crippen molar-refractivity contribution in [2.24, 2.45) is 0 Å². The molecule has 0 amide bonds. The van der Waals surface area contributed by atoms with Crippen LogP contribution in [-0.4, -0.2) is 17.3 Å². The second-order valence-electron chi connectivity index (χ2n) is 8.12. The van der Waals surface area contributed by atoms with Gasteiger partial charge >= 0.3 is 0 Å². The molecular formula is C25H21F2NO2. The summed E-state index contributed by atoms with van der Waals surface area (Å²) in [5.41, 5.74) is 2.87. The minimum absolute atomic E-state index is 0.270. The number of halogens is 2. The first-order valence-corrected chi connectivity index (χ1v) is 9.81. The molecule has 5 rings (SSSR count). The predicted molar refractivity (Wildman–Crippen MR) is 115 cm³/mol. The molecule has 4 aromatic rings.